The van der Waals surface area contributed by atoms with Gasteiger partial charge in [-0.3, -0.25) is 0 Å². The fourth-order valence-corrected chi connectivity index (χ4v) is 3.75. The van der Waals surface area contributed by atoms with Crippen molar-refractivity contribution in [1.29, 1.82) is 0 Å². The monoisotopic (exact) mass is 294 g/mol. The van der Waals surface area contributed by atoms with Crippen LogP contribution in [0.4, 0.5) is 0 Å². The zero-order valence-corrected chi connectivity index (χ0v) is 13.5. The van der Waals surface area contributed by atoms with E-state index in [4.69, 9.17) is 0 Å². The van der Waals surface area contributed by atoms with Crippen LogP contribution in [0.5, 0.6) is 0 Å². The van der Waals surface area contributed by atoms with Gasteiger partial charge in [-0.05, 0) is 30.5 Å². The van der Waals surface area contributed by atoms with Gasteiger partial charge in [-0.1, -0.05) is 44.7 Å². The van der Waals surface area contributed by atoms with Crippen LogP contribution in [0.3, 0.4) is 0 Å². The molecule has 0 radical (unpaired) electrons. The maximum atomic E-state index is 4.62. The summed E-state index contributed by atoms with van der Waals surface area (Å²) < 4.78 is 2.46. The molecule has 2 aromatic rings. The minimum atomic E-state index is 0.424. The van der Waals surface area contributed by atoms with E-state index in [1.807, 2.05) is 17.8 Å². The third kappa shape index (κ3) is 5.13. The second-order valence-electron chi connectivity index (χ2n) is 5.86. The molecule has 0 saturated carbocycles. The maximum Gasteiger partial charge on any atom is 0.151 e. The average molecular weight is 294 g/mol. The fraction of sp³-hybridized carbons (Fsp3) is 0.533. The first-order valence-electron chi connectivity index (χ1n) is 6.74. The number of hydrogen-bond acceptors (Lipinski definition) is 4. The molecule has 0 saturated heterocycles. The van der Waals surface area contributed by atoms with Crippen LogP contribution < -0.4 is 5.32 Å². The van der Waals surface area contributed by atoms with Crippen LogP contribution in [0.25, 0.3) is 10.2 Å². The average Bonchev–Trinajstić information content (AvgIpc) is 2.74. The first-order chi connectivity index (χ1) is 9.04. The minimum Gasteiger partial charge on any atom is -0.316 e. The van der Waals surface area contributed by atoms with Crippen LogP contribution in [0, 0.1) is 5.41 Å². The van der Waals surface area contributed by atoms with Crippen molar-refractivity contribution in [1.82, 2.24) is 10.3 Å². The second kappa shape index (κ2) is 6.73. The summed E-state index contributed by atoms with van der Waals surface area (Å²) >= 11 is 3.64. The normalized spacial score (nSPS) is 12.2. The smallest absolute Gasteiger partial charge is 0.151 e. The van der Waals surface area contributed by atoms with Crippen molar-refractivity contribution in [2.75, 3.05) is 18.8 Å². The molecule has 19 heavy (non-hydrogen) atoms. The lowest BCUT2D eigenvalue weighted by Crippen LogP contribution is -2.22. The molecule has 0 fully saturated rings. The first kappa shape index (κ1) is 14.8. The van der Waals surface area contributed by atoms with Crippen LogP contribution in [0.15, 0.2) is 28.6 Å². The maximum absolute atomic E-state index is 4.62. The molecule has 104 valence electrons. The summed E-state index contributed by atoms with van der Waals surface area (Å²) in [6, 6.07) is 8.34. The van der Waals surface area contributed by atoms with E-state index in [9.17, 15) is 0 Å². The van der Waals surface area contributed by atoms with E-state index in [0.717, 1.165) is 24.4 Å². The Balaban J connectivity index is 1.68. The molecule has 1 N–H and O–H groups in total. The fourth-order valence-electron chi connectivity index (χ4n) is 1.71. The minimum absolute atomic E-state index is 0.424. The predicted molar refractivity (Wildman–Crippen MR) is 87.3 cm³/mol. The topological polar surface area (TPSA) is 24.9 Å². The molecule has 0 unspecified atom stereocenters. The molecule has 0 atom stereocenters. The van der Waals surface area contributed by atoms with Crippen molar-refractivity contribution in [2.45, 2.75) is 31.5 Å². The highest BCUT2D eigenvalue weighted by Gasteiger charge is 2.08. The Morgan fingerprint density at radius 2 is 2.00 bits per heavy atom. The van der Waals surface area contributed by atoms with Gasteiger partial charge in [0.2, 0.25) is 0 Å². The Morgan fingerprint density at radius 3 is 2.74 bits per heavy atom. The standard InChI is InChI=1S/C15H22N2S2/c1-15(2,3)8-9-16-10-11-18-14-17-12-6-4-5-7-13(12)19-14/h4-7,16H,8-11H2,1-3H3. The highest BCUT2D eigenvalue weighted by Crippen LogP contribution is 2.28. The molecular formula is C15H22N2S2. The third-order valence-electron chi connectivity index (χ3n) is 2.83. The number of nitrogens with one attached hydrogen (secondary N) is 1. The van der Waals surface area contributed by atoms with Gasteiger partial charge in [-0.2, -0.15) is 0 Å². The number of thiazole rings is 1. The van der Waals surface area contributed by atoms with E-state index < -0.39 is 0 Å². The summed E-state index contributed by atoms with van der Waals surface area (Å²) in [5, 5.41) is 3.50. The molecule has 1 aromatic carbocycles. The number of aromatic nitrogens is 1. The molecule has 0 aliphatic rings. The zero-order valence-electron chi connectivity index (χ0n) is 11.9. The molecule has 2 nitrogen and oxygen atoms in total. The molecule has 2 rings (SSSR count). The van der Waals surface area contributed by atoms with Gasteiger partial charge in [-0.15, -0.1) is 11.3 Å². The SMILES string of the molecule is CC(C)(C)CCNCCSc1nc2ccccc2s1. The van der Waals surface area contributed by atoms with Crippen LogP contribution in [0.1, 0.15) is 27.2 Å². The quantitative estimate of drug-likeness (QED) is 0.631. The van der Waals surface area contributed by atoms with Gasteiger partial charge in [0.15, 0.2) is 4.34 Å². The lowest BCUT2D eigenvalue weighted by atomic mass is 9.92. The predicted octanol–water partition coefficient (Wildman–Crippen LogP) is 4.41. The first-order valence-corrected chi connectivity index (χ1v) is 8.54. The number of benzene rings is 1. The van der Waals surface area contributed by atoms with Crippen molar-refractivity contribution >= 4 is 33.3 Å². The lowest BCUT2D eigenvalue weighted by molar-refractivity contribution is 0.369. The van der Waals surface area contributed by atoms with Gasteiger partial charge in [0, 0.05) is 12.3 Å². The van der Waals surface area contributed by atoms with Gasteiger partial charge in [0.1, 0.15) is 0 Å². The largest absolute Gasteiger partial charge is 0.316 e. The Bertz CT molecular complexity index is 481. The molecule has 0 aliphatic heterocycles. The third-order valence-corrected chi connectivity index (χ3v) is 5.01. The van der Waals surface area contributed by atoms with Crippen molar-refractivity contribution in [2.24, 2.45) is 5.41 Å². The Morgan fingerprint density at radius 1 is 1.21 bits per heavy atom. The molecule has 0 spiro atoms. The highest BCUT2D eigenvalue weighted by atomic mass is 32.2. The van der Waals surface area contributed by atoms with Crippen LogP contribution in [-0.4, -0.2) is 23.8 Å². The molecule has 1 aromatic heterocycles. The summed E-state index contributed by atoms with van der Waals surface area (Å²) in [5.41, 5.74) is 1.54. The molecule has 1 heterocycles. The van der Waals surface area contributed by atoms with E-state index >= 15 is 0 Å². The van der Waals surface area contributed by atoms with Crippen LogP contribution >= 0.6 is 23.1 Å². The molecular weight excluding hydrogens is 272 g/mol. The number of fused-ring (bicyclic) bond motifs is 1. The molecule has 4 heteroatoms. The van der Waals surface area contributed by atoms with Crippen molar-refractivity contribution in [3.05, 3.63) is 24.3 Å². The van der Waals surface area contributed by atoms with E-state index in [1.165, 1.54) is 15.5 Å². The van der Waals surface area contributed by atoms with Gasteiger partial charge in [0.25, 0.3) is 0 Å². The van der Waals surface area contributed by atoms with Crippen molar-refractivity contribution in [3.63, 3.8) is 0 Å². The van der Waals surface area contributed by atoms with Crippen molar-refractivity contribution < 1.29 is 0 Å². The number of para-hydroxylation sites is 1. The van der Waals surface area contributed by atoms with E-state index in [0.29, 0.717) is 5.41 Å². The highest BCUT2D eigenvalue weighted by molar-refractivity contribution is 8.01. The summed E-state index contributed by atoms with van der Waals surface area (Å²) in [4.78, 5) is 4.62. The summed E-state index contributed by atoms with van der Waals surface area (Å²) in [5.74, 6) is 1.09. The summed E-state index contributed by atoms with van der Waals surface area (Å²) in [6.45, 7) is 9.00. The molecule has 0 amide bonds. The Hall–Kier alpha value is -0.580. The van der Waals surface area contributed by atoms with Gasteiger partial charge >= 0.3 is 0 Å². The number of thioether (sulfide) groups is 1. The summed E-state index contributed by atoms with van der Waals surface area (Å²) in [6.07, 6.45) is 1.22. The van der Waals surface area contributed by atoms with Gasteiger partial charge in [-0.25, -0.2) is 4.98 Å². The molecule has 0 bridgehead atoms. The van der Waals surface area contributed by atoms with Gasteiger partial charge in [0.05, 0.1) is 10.2 Å². The lowest BCUT2D eigenvalue weighted by Gasteiger charge is -2.17. The van der Waals surface area contributed by atoms with E-state index in [2.05, 4.69) is 49.3 Å². The van der Waals surface area contributed by atoms with Crippen LogP contribution in [-0.2, 0) is 0 Å². The van der Waals surface area contributed by atoms with Crippen LogP contribution in [0.2, 0.25) is 0 Å². The van der Waals surface area contributed by atoms with Crippen molar-refractivity contribution in [3.8, 4) is 0 Å². The van der Waals surface area contributed by atoms with E-state index in [-0.39, 0.29) is 0 Å². The zero-order chi connectivity index (χ0) is 13.7. The Kier molecular flexibility index (Phi) is 5.25. The summed E-state index contributed by atoms with van der Waals surface area (Å²) in [7, 11) is 0. The molecule has 0 aliphatic carbocycles. The number of rotatable bonds is 6. The number of nitrogens with zero attached hydrogens (tertiary/aromatic N) is 1. The van der Waals surface area contributed by atoms with E-state index in [1.54, 1.807) is 11.3 Å². The Labute approximate surface area is 124 Å². The second-order valence-corrected chi connectivity index (χ2v) is 8.23. The number of hydrogen-bond donors (Lipinski definition) is 1. The van der Waals surface area contributed by atoms with Gasteiger partial charge < -0.3 is 5.32 Å².